The Balaban J connectivity index is 0.000000640. The summed E-state index contributed by atoms with van der Waals surface area (Å²) < 4.78 is 46.0. The quantitative estimate of drug-likeness (QED) is 0.368. The third-order valence-electron chi connectivity index (χ3n) is 0.894. The molecule has 0 aromatic rings. The molecule has 9 heavy (non-hydrogen) atoms. The summed E-state index contributed by atoms with van der Waals surface area (Å²) in [5.74, 6) is -6.44. The topological polar surface area (TPSA) is 0 Å². The van der Waals surface area contributed by atoms with Gasteiger partial charge in [-0.2, -0.15) is 0 Å². The van der Waals surface area contributed by atoms with Gasteiger partial charge >= 0.3 is 0 Å². The van der Waals surface area contributed by atoms with Crippen LogP contribution in [0.15, 0.2) is 0 Å². The zero-order valence-corrected chi connectivity index (χ0v) is 7.92. The van der Waals surface area contributed by atoms with E-state index >= 15 is 0 Å². The smallest absolute Gasteiger partial charge is 0.218 e. The summed E-state index contributed by atoms with van der Waals surface area (Å²) >= 11 is 0. The molecular weight excluding hydrogens is 162 g/mol. The summed E-state index contributed by atoms with van der Waals surface area (Å²) in [6.45, 7) is 0. The Bertz CT molecular complexity index is 92.4. The molecule has 0 bridgehead atoms. The molecule has 1 heterocycles. The SMILES string of the molecule is FC1(F)[B]C(F)(F)C1.[K]. The molecule has 1 rings (SSSR count). The largest absolute Gasteiger partial charge is 0.299 e. The summed E-state index contributed by atoms with van der Waals surface area (Å²) in [6.07, 6.45) is -1.32. The van der Waals surface area contributed by atoms with Gasteiger partial charge in [-0.25, -0.2) is 17.6 Å². The molecule has 1 saturated heterocycles. The van der Waals surface area contributed by atoms with Crippen molar-refractivity contribution >= 4 is 58.7 Å². The Hall–Kier alpha value is 1.42. The maximum absolute atomic E-state index is 11.5. The summed E-state index contributed by atoms with van der Waals surface area (Å²) in [5.41, 5.74) is 0. The van der Waals surface area contributed by atoms with E-state index in [1.165, 1.54) is 0 Å². The van der Waals surface area contributed by atoms with Crippen molar-refractivity contribution in [2.75, 3.05) is 0 Å². The molecule has 46 valence electrons. The maximum Gasteiger partial charge on any atom is 0.299 e. The average Bonchev–Trinajstić information content (AvgIpc) is 1.20. The van der Waals surface area contributed by atoms with Crippen molar-refractivity contribution in [3.8, 4) is 0 Å². The van der Waals surface area contributed by atoms with E-state index in [9.17, 15) is 17.6 Å². The molecule has 0 amide bonds. The summed E-state index contributed by atoms with van der Waals surface area (Å²) in [7, 11) is -0.236. The van der Waals surface area contributed by atoms with E-state index in [4.69, 9.17) is 0 Å². The molecule has 0 unspecified atom stereocenters. The predicted octanol–water partition coefficient (Wildman–Crippen LogP) is 0.899. The van der Waals surface area contributed by atoms with E-state index in [0.29, 0.717) is 0 Å². The van der Waals surface area contributed by atoms with Crippen molar-refractivity contribution in [2.24, 2.45) is 0 Å². The molecule has 0 saturated carbocycles. The van der Waals surface area contributed by atoms with E-state index in [1.54, 1.807) is 0 Å². The van der Waals surface area contributed by atoms with E-state index in [0.717, 1.165) is 0 Å². The molecule has 0 aromatic heterocycles. The van der Waals surface area contributed by atoms with Crippen LogP contribution in [0.5, 0.6) is 0 Å². The molecule has 1 fully saturated rings. The van der Waals surface area contributed by atoms with Crippen LogP contribution in [0, 0.1) is 0 Å². The van der Waals surface area contributed by atoms with E-state index in [2.05, 4.69) is 0 Å². The zero-order valence-electron chi connectivity index (χ0n) is 4.80. The number of rotatable bonds is 0. The van der Waals surface area contributed by atoms with Crippen LogP contribution in [0.3, 0.4) is 0 Å². The molecule has 2 radical (unpaired) electrons. The Morgan fingerprint density at radius 3 is 1.22 bits per heavy atom. The molecule has 1 aliphatic heterocycles. The number of hydrogen-bond donors (Lipinski definition) is 0. The molecule has 6 heteroatoms. The predicted molar refractivity (Wildman–Crippen MR) is 26.0 cm³/mol. The minimum atomic E-state index is -3.22. The third kappa shape index (κ3) is 2.88. The molecule has 0 aromatic carbocycles. The average molecular weight is 164 g/mol. The second-order valence-electron chi connectivity index (χ2n) is 1.84. The number of alkyl halides is 4. The molecule has 0 atom stereocenters. The van der Waals surface area contributed by atoms with Crippen LogP contribution in [0.25, 0.3) is 0 Å². The molecule has 0 aliphatic carbocycles. The van der Waals surface area contributed by atoms with Crippen LogP contribution >= 0.6 is 0 Å². The van der Waals surface area contributed by atoms with Crippen LogP contribution in [-0.4, -0.2) is 70.3 Å². The van der Waals surface area contributed by atoms with E-state index < -0.39 is 18.1 Å². The Labute approximate surface area is 93.0 Å². The fourth-order valence-electron chi connectivity index (χ4n) is 0.594. The molecule has 0 N–H and O–H groups in total. The zero-order chi connectivity index (χ0) is 6.41. The van der Waals surface area contributed by atoms with Gasteiger partial charge in [0.05, 0.1) is 6.42 Å². The van der Waals surface area contributed by atoms with Crippen LogP contribution in [0.1, 0.15) is 6.42 Å². The van der Waals surface area contributed by atoms with Crippen molar-refractivity contribution in [3.05, 3.63) is 0 Å². The summed E-state index contributed by atoms with van der Waals surface area (Å²) in [4.78, 5) is 0. The van der Waals surface area contributed by atoms with Gasteiger partial charge in [-0.1, -0.05) is 0 Å². The van der Waals surface area contributed by atoms with Gasteiger partial charge in [0, 0.05) is 51.4 Å². The van der Waals surface area contributed by atoms with E-state index in [1.807, 2.05) is 0 Å². The van der Waals surface area contributed by atoms with Crippen molar-refractivity contribution < 1.29 is 17.6 Å². The van der Waals surface area contributed by atoms with Crippen LogP contribution in [0.4, 0.5) is 17.6 Å². The van der Waals surface area contributed by atoms with Gasteiger partial charge in [-0.3, -0.25) is 0 Å². The first kappa shape index (κ1) is 10.4. The van der Waals surface area contributed by atoms with Gasteiger partial charge in [-0.15, -0.1) is 0 Å². The second-order valence-corrected chi connectivity index (χ2v) is 1.84. The van der Waals surface area contributed by atoms with Gasteiger partial charge < -0.3 is 0 Å². The van der Waals surface area contributed by atoms with Crippen LogP contribution in [0.2, 0.25) is 0 Å². The number of halogens is 4. The molecule has 1 aliphatic rings. The first-order valence-corrected chi connectivity index (χ1v) is 2.04. The van der Waals surface area contributed by atoms with Gasteiger partial charge in [0.2, 0.25) is 11.6 Å². The maximum atomic E-state index is 11.5. The molecule has 0 spiro atoms. The van der Waals surface area contributed by atoms with Crippen LogP contribution < -0.4 is 0 Å². The van der Waals surface area contributed by atoms with Gasteiger partial charge in [-0.05, 0) is 0 Å². The van der Waals surface area contributed by atoms with Crippen molar-refractivity contribution in [1.29, 1.82) is 0 Å². The van der Waals surface area contributed by atoms with Crippen LogP contribution in [-0.2, 0) is 0 Å². The Morgan fingerprint density at radius 1 is 1.00 bits per heavy atom. The third-order valence-corrected chi connectivity index (χ3v) is 0.894. The standard InChI is InChI=1S/C3H2BF4.K/c5-2(6)1-3(7,8)4-2;/h1H2;. The van der Waals surface area contributed by atoms with Gasteiger partial charge in [0.25, 0.3) is 7.28 Å². The molecule has 0 nitrogen and oxygen atoms in total. The fourth-order valence-corrected chi connectivity index (χ4v) is 0.594. The summed E-state index contributed by atoms with van der Waals surface area (Å²) in [5, 5.41) is 0. The van der Waals surface area contributed by atoms with E-state index in [-0.39, 0.29) is 58.7 Å². The van der Waals surface area contributed by atoms with Gasteiger partial charge in [0.15, 0.2) is 0 Å². The second kappa shape index (κ2) is 2.81. The van der Waals surface area contributed by atoms with Gasteiger partial charge in [0.1, 0.15) is 0 Å². The van der Waals surface area contributed by atoms with Crippen molar-refractivity contribution in [3.63, 3.8) is 0 Å². The number of hydrogen-bond acceptors (Lipinski definition) is 0. The molecular formula is C3H2BF4K. The van der Waals surface area contributed by atoms with Crippen molar-refractivity contribution in [1.82, 2.24) is 0 Å². The fraction of sp³-hybridized carbons (Fsp3) is 1.00. The summed E-state index contributed by atoms with van der Waals surface area (Å²) in [6, 6.07) is 0. The minimum absolute atomic E-state index is 0. The Morgan fingerprint density at radius 2 is 1.22 bits per heavy atom. The monoisotopic (exact) mass is 164 g/mol. The normalized spacial score (nSPS) is 27.1. The van der Waals surface area contributed by atoms with Crippen molar-refractivity contribution in [2.45, 2.75) is 18.1 Å². The Kier molecular flexibility index (Phi) is 3.25. The first-order chi connectivity index (χ1) is 3.41. The first-order valence-electron chi connectivity index (χ1n) is 2.04. The minimum Gasteiger partial charge on any atom is -0.218 e.